The Morgan fingerprint density at radius 2 is 0.595 bits per heavy atom. The molecule has 0 saturated carbocycles. The van der Waals surface area contributed by atoms with Crippen LogP contribution in [0.3, 0.4) is 0 Å². The number of aliphatic hydroxyl groups excluding tert-OH is 2. The lowest BCUT2D eigenvalue weighted by atomic mass is 10.0. The Kier molecular flexibility index (Phi) is 67.4. The summed E-state index contributed by atoms with van der Waals surface area (Å²) in [6.45, 7) is 4.94. The molecule has 0 aliphatic carbocycles. The molecule has 2 unspecified atom stereocenters. The molecule has 0 fully saturated rings. The average Bonchev–Trinajstić information content (AvgIpc) is 3.45. The van der Waals surface area contributed by atoms with Crippen molar-refractivity contribution in [1.82, 2.24) is 5.32 Å². The van der Waals surface area contributed by atoms with Gasteiger partial charge in [-0.15, -0.1) is 0 Å². The first-order valence-electron chi connectivity index (χ1n) is 36.1. The number of amides is 1. The molecule has 468 valence electrons. The van der Waals surface area contributed by atoms with Gasteiger partial charge in [0, 0.05) is 12.8 Å². The topological polar surface area (TPSA) is 95.9 Å². The number of allylic oxidation sites excluding steroid dienone is 3. The Labute approximate surface area is 494 Å². The van der Waals surface area contributed by atoms with Crippen LogP contribution in [0.5, 0.6) is 0 Å². The number of hydrogen-bond donors (Lipinski definition) is 3. The highest BCUT2D eigenvalue weighted by Crippen LogP contribution is 2.19. The van der Waals surface area contributed by atoms with Crippen LogP contribution in [0, 0.1) is 0 Å². The Hall–Kier alpha value is -1.66. The quantitative estimate of drug-likeness (QED) is 0.0320. The van der Waals surface area contributed by atoms with Crippen LogP contribution in [-0.2, 0) is 14.3 Å². The molecule has 0 radical (unpaired) electrons. The van der Waals surface area contributed by atoms with Crippen LogP contribution in [0.2, 0.25) is 0 Å². The lowest BCUT2D eigenvalue weighted by Crippen LogP contribution is -2.45. The minimum absolute atomic E-state index is 0.0108. The Bertz CT molecular complexity index is 1230. The summed E-state index contributed by atoms with van der Waals surface area (Å²) in [5.74, 6) is -0.0530. The number of hydrogen-bond acceptors (Lipinski definition) is 5. The van der Waals surface area contributed by atoms with Crippen LogP contribution in [0.1, 0.15) is 406 Å². The fraction of sp³-hybridized carbons (Fsp3) is 0.918. The first-order chi connectivity index (χ1) is 39.0. The molecule has 0 spiro atoms. The van der Waals surface area contributed by atoms with Crippen LogP contribution in [0.15, 0.2) is 24.3 Å². The smallest absolute Gasteiger partial charge is 0.305 e. The highest BCUT2D eigenvalue weighted by Gasteiger charge is 2.18. The van der Waals surface area contributed by atoms with Crippen molar-refractivity contribution in [1.29, 1.82) is 0 Å². The van der Waals surface area contributed by atoms with E-state index in [0.29, 0.717) is 19.4 Å². The van der Waals surface area contributed by atoms with Gasteiger partial charge in [-0.1, -0.05) is 359 Å². The van der Waals surface area contributed by atoms with Gasteiger partial charge in [-0.3, -0.25) is 9.59 Å². The third-order valence-electron chi connectivity index (χ3n) is 17.0. The molecule has 6 heteroatoms. The molecule has 2 atom stereocenters. The molecule has 79 heavy (non-hydrogen) atoms. The average molecular weight is 1110 g/mol. The highest BCUT2D eigenvalue weighted by atomic mass is 16.5. The van der Waals surface area contributed by atoms with Gasteiger partial charge >= 0.3 is 5.97 Å². The minimum Gasteiger partial charge on any atom is -0.466 e. The molecule has 6 nitrogen and oxygen atoms in total. The molecule has 0 bridgehead atoms. The van der Waals surface area contributed by atoms with E-state index >= 15 is 0 Å². The maximum absolute atomic E-state index is 12.5. The summed E-state index contributed by atoms with van der Waals surface area (Å²) in [5, 5.41) is 23.3. The third-order valence-corrected chi connectivity index (χ3v) is 17.0. The third kappa shape index (κ3) is 65.4. The Morgan fingerprint density at radius 3 is 0.899 bits per heavy atom. The van der Waals surface area contributed by atoms with E-state index in [1.165, 1.54) is 334 Å². The first kappa shape index (κ1) is 77.3. The van der Waals surface area contributed by atoms with E-state index < -0.39 is 12.1 Å². The summed E-state index contributed by atoms with van der Waals surface area (Å²) < 4.78 is 5.51. The van der Waals surface area contributed by atoms with Crippen LogP contribution >= 0.6 is 0 Å². The zero-order valence-electron chi connectivity index (χ0n) is 53.6. The molecule has 0 aliphatic heterocycles. The molecule has 0 aromatic heterocycles. The van der Waals surface area contributed by atoms with Crippen molar-refractivity contribution in [3.63, 3.8) is 0 Å². The number of carbonyl (C=O) groups excluding carboxylic acids is 2. The second-order valence-corrected chi connectivity index (χ2v) is 24.9. The normalized spacial score (nSPS) is 12.6. The first-order valence-corrected chi connectivity index (χ1v) is 36.1. The molecular formula is C73H141NO5. The van der Waals surface area contributed by atoms with Crippen molar-refractivity contribution in [3.8, 4) is 0 Å². The number of nitrogens with one attached hydrogen (secondary N) is 1. The fourth-order valence-electron chi connectivity index (χ4n) is 11.5. The maximum atomic E-state index is 12.5. The lowest BCUT2D eigenvalue weighted by molar-refractivity contribution is -0.143. The molecule has 0 rings (SSSR count). The zero-order chi connectivity index (χ0) is 57.1. The van der Waals surface area contributed by atoms with Gasteiger partial charge in [0.15, 0.2) is 0 Å². The largest absolute Gasteiger partial charge is 0.466 e. The van der Waals surface area contributed by atoms with Crippen molar-refractivity contribution >= 4 is 11.9 Å². The summed E-state index contributed by atoms with van der Waals surface area (Å²) in [6.07, 6.45) is 86.8. The van der Waals surface area contributed by atoms with Gasteiger partial charge in [0.25, 0.3) is 0 Å². The lowest BCUT2D eigenvalue weighted by Gasteiger charge is -2.20. The molecular weight excluding hydrogens is 971 g/mol. The predicted octanol–water partition coefficient (Wildman–Crippen LogP) is 23.3. The van der Waals surface area contributed by atoms with E-state index in [2.05, 4.69) is 31.3 Å². The maximum Gasteiger partial charge on any atom is 0.305 e. The number of carbonyl (C=O) groups is 2. The van der Waals surface area contributed by atoms with E-state index in [1.807, 2.05) is 6.08 Å². The van der Waals surface area contributed by atoms with Gasteiger partial charge in [-0.05, 0) is 57.8 Å². The molecule has 0 aromatic carbocycles. The van der Waals surface area contributed by atoms with Crippen LogP contribution < -0.4 is 5.32 Å². The molecule has 1 amide bonds. The van der Waals surface area contributed by atoms with Crippen molar-refractivity contribution in [3.05, 3.63) is 24.3 Å². The van der Waals surface area contributed by atoms with Crippen molar-refractivity contribution in [2.75, 3.05) is 13.2 Å². The SMILES string of the molecule is CCCCCCCCC/C=C\CCCCCCCCCC(=O)OCCCCCCCCCCCCCCCCCCCCCCCCC(=O)NC(CO)C(O)/C=C/CCCCCCCCCCCCCCCCCCCCCC. The summed E-state index contributed by atoms with van der Waals surface area (Å²) in [6, 6.07) is -0.629. The van der Waals surface area contributed by atoms with Crippen molar-refractivity contribution < 1.29 is 24.5 Å². The number of rotatable bonds is 68. The van der Waals surface area contributed by atoms with E-state index in [-0.39, 0.29) is 18.5 Å². The van der Waals surface area contributed by atoms with E-state index in [9.17, 15) is 19.8 Å². The van der Waals surface area contributed by atoms with E-state index in [1.54, 1.807) is 6.08 Å². The summed E-state index contributed by atoms with van der Waals surface area (Å²) in [5.41, 5.74) is 0. The van der Waals surface area contributed by atoms with Crippen LogP contribution in [0.25, 0.3) is 0 Å². The standard InChI is InChI=1S/C73H141NO5/c1-3-5-7-9-11-13-15-17-19-21-23-24-27-30-33-37-41-45-49-53-57-61-65-71(76)70(69-75)74-72(77)66-62-58-54-50-46-42-38-34-31-28-25-26-29-32-36-40-44-48-52-56-60-64-68-79-73(78)67-63-59-55-51-47-43-39-35-22-20-18-16-14-12-10-8-6-4-2/h20,22,61,65,70-71,75-76H,3-19,21,23-60,62-64,66-69H2,1-2H3,(H,74,77)/b22-20-,65-61+. The Morgan fingerprint density at radius 1 is 0.342 bits per heavy atom. The molecule has 0 saturated heterocycles. The molecule has 3 N–H and O–H groups in total. The van der Waals surface area contributed by atoms with Gasteiger partial charge in [0.2, 0.25) is 5.91 Å². The zero-order valence-corrected chi connectivity index (χ0v) is 53.6. The number of unbranched alkanes of at least 4 members (excludes halogenated alkanes) is 55. The van der Waals surface area contributed by atoms with E-state index in [0.717, 1.165) is 44.9 Å². The highest BCUT2D eigenvalue weighted by molar-refractivity contribution is 5.76. The molecule has 0 aromatic rings. The number of esters is 1. The summed E-state index contributed by atoms with van der Waals surface area (Å²) >= 11 is 0. The van der Waals surface area contributed by atoms with Gasteiger partial charge in [0.05, 0.1) is 25.4 Å². The van der Waals surface area contributed by atoms with Gasteiger partial charge in [-0.2, -0.15) is 0 Å². The molecule has 0 heterocycles. The van der Waals surface area contributed by atoms with Gasteiger partial charge in [-0.25, -0.2) is 0 Å². The Balaban J connectivity index is 3.40. The second-order valence-electron chi connectivity index (χ2n) is 24.9. The van der Waals surface area contributed by atoms with E-state index in [4.69, 9.17) is 4.74 Å². The molecule has 0 aliphatic rings. The van der Waals surface area contributed by atoms with Crippen molar-refractivity contribution in [2.24, 2.45) is 0 Å². The number of ether oxygens (including phenoxy) is 1. The summed E-state index contributed by atoms with van der Waals surface area (Å²) in [4.78, 5) is 24.6. The number of aliphatic hydroxyl groups is 2. The van der Waals surface area contributed by atoms with Gasteiger partial charge in [0.1, 0.15) is 0 Å². The minimum atomic E-state index is -0.846. The fourth-order valence-corrected chi connectivity index (χ4v) is 11.5. The summed E-state index contributed by atoms with van der Waals surface area (Å²) in [7, 11) is 0. The monoisotopic (exact) mass is 1110 g/mol. The second kappa shape index (κ2) is 68.8. The van der Waals surface area contributed by atoms with Gasteiger partial charge < -0.3 is 20.3 Å². The van der Waals surface area contributed by atoms with Crippen molar-refractivity contribution in [2.45, 2.75) is 418 Å². The predicted molar refractivity (Wildman–Crippen MR) is 347 cm³/mol. The van der Waals surface area contributed by atoms with Crippen LogP contribution in [0.4, 0.5) is 0 Å². The van der Waals surface area contributed by atoms with Crippen LogP contribution in [-0.4, -0.2) is 47.4 Å².